The molecule has 1 aromatic rings. The lowest BCUT2D eigenvalue weighted by atomic mass is 9.98. The van der Waals surface area contributed by atoms with Crippen LogP contribution in [-0.4, -0.2) is 34.1 Å². The van der Waals surface area contributed by atoms with E-state index >= 15 is 0 Å². The van der Waals surface area contributed by atoms with Crippen molar-refractivity contribution in [3.63, 3.8) is 0 Å². The van der Waals surface area contributed by atoms with Gasteiger partial charge >= 0.3 is 0 Å². The maximum Gasteiger partial charge on any atom is 0.0951 e. The minimum absolute atomic E-state index is 0.0671. The molecule has 1 aliphatic heterocycles. The summed E-state index contributed by atoms with van der Waals surface area (Å²) in [7, 11) is 2.20. The van der Waals surface area contributed by atoms with Crippen molar-refractivity contribution in [2.45, 2.75) is 44.8 Å². The van der Waals surface area contributed by atoms with E-state index in [1.807, 2.05) is 19.4 Å². The Morgan fingerprint density at radius 2 is 2.31 bits per heavy atom. The Labute approximate surface area is 97.4 Å². The van der Waals surface area contributed by atoms with Crippen molar-refractivity contribution in [3.8, 4) is 0 Å². The Balaban J connectivity index is 2.15. The molecule has 4 heteroatoms. The van der Waals surface area contributed by atoms with Crippen LogP contribution in [0.15, 0.2) is 12.5 Å². The van der Waals surface area contributed by atoms with E-state index in [0.717, 1.165) is 12.2 Å². The van der Waals surface area contributed by atoms with E-state index in [9.17, 15) is 0 Å². The summed E-state index contributed by atoms with van der Waals surface area (Å²) >= 11 is 0. The zero-order chi connectivity index (χ0) is 11.7. The normalized spacial score (nSPS) is 29.2. The number of aromatic nitrogens is 2. The zero-order valence-electron chi connectivity index (χ0n) is 10.4. The van der Waals surface area contributed by atoms with Gasteiger partial charge in [0, 0.05) is 30.9 Å². The highest BCUT2D eigenvalue weighted by molar-refractivity contribution is 5.05. The summed E-state index contributed by atoms with van der Waals surface area (Å²) in [5.74, 6) is 0. The van der Waals surface area contributed by atoms with Gasteiger partial charge < -0.3 is 15.2 Å². The fraction of sp³-hybridized carbons (Fsp3) is 0.750. The minimum atomic E-state index is 0.0671. The van der Waals surface area contributed by atoms with E-state index < -0.39 is 0 Å². The van der Waals surface area contributed by atoms with Crippen LogP contribution >= 0.6 is 0 Å². The highest BCUT2D eigenvalue weighted by Gasteiger charge is 2.25. The number of imidazole rings is 1. The van der Waals surface area contributed by atoms with Gasteiger partial charge in [-0.25, -0.2) is 4.98 Å². The van der Waals surface area contributed by atoms with Gasteiger partial charge in [-0.15, -0.1) is 0 Å². The molecule has 0 spiro atoms. The lowest BCUT2D eigenvalue weighted by Gasteiger charge is -2.36. The van der Waals surface area contributed by atoms with Gasteiger partial charge in [0.2, 0.25) is 0 Å². The highest BCUT2D eigenvalue weighted by atomic mass is 15.2. The van der Waals surface area contributed by atoms with Crippen LogP contribution in [-0.2, 0) is 0 Å². The molecule has 2 N–H and O–H groups in total. The summed E-state index contributed by atoms with van der Waals surface area (Å²) in [6.45, 7) is 5.46. The molecule has 16 heavy (non-hydrogen) atoms. The van der Waals surface area contributed by atoms with Crippen molar-refractivity contribution in [2.75, 3.05) is 13.6 Å². The first-order valence-electron chi connectivity index (χ1n) is 6.07. The third kappa shape index (κ3) is 2.13. The van der Waals surface area contributed by atoms with E-state index in [1.54, 1.807) is 0 Å². The smallest absolute Gasteiger partial charge is 0.0951 e. The number of hydrogen-bond donors (Lipinski definition) is 1. The highest BCUT2D eigenvalue weighted by Crippen LogP contribution is 2.28. The number of rotatable bonds is 2. The molecule has 0 amide bonds. The predicted molar refractivity (Wildman–Crippen MR) is 65.2 cm³/mol. The first kappa shape index (κ1) is 11.6. The van der Waals surface area contributed by atoms with Crippen LogP contribution < -0.4 is 5.73 Å². The van der Waals surface area contributed by atoms with E-state index in [2.05, 4.69) is 28.4 Å². The summed E-state index contributed by atoms with van der Waals surface area (Å²) in [5.41, 5.74) is 7.11. The van der Waals surface area contributed by atoms with Gasteiger partial charge in [0.1, 0.15) is 0 Å². The molecular formula is C12H22N4. The molecule has 1 aromatic heterocycles. The molecule has 4 nitrogen and oxygen atoms in total. The second-order valence-corrected chi connectivity index (χ2v) is 5.02. The molecule has 0 aliphatic carbocycles. The van der Waals surface area contributed by atoms with Crippen molar-refractivity contribution in [3.05, 3.63) is 18.2 Å². The third-order valence-electron chi connectivity index (χ3n) is 3.74. The maximum absolute atomic E-state index is 5.96. The second-order valence-electron chi connectivity index (χ2n) is 5.02. The van der Waals surface area contributed by atoms with Crippen LogP contribution in [0.3, 0.4) is 0 Å². The van der Waals surface area contributed by atoms with Gasteiger partial charge in [-0.3, -0.25) is 0 Å². The molecule has 2 rings (SSSR count). The van der Waals surface area contributed by atoms with Gasteiger partial charge in [0.05, 0.1) is 12.0 Å². The van der Waals surface area contributed by atoms with Gasteiger partial charge in [0.15, 0.2) is 0 Å². The Bertz CT molecular complexity index is 345. The van der Waals surface area contributed by atoms with Gasteiger partial charge in [0.25, 0.3) is 0 Å². The van der Waals surface area contributed by atoms with E-state index in [-0.39, 0.29) is 6.04 Å². The molecule has 1 saturated heterocycles. The first-order chi connectivity index (χ1) is 7.59. The van der Waals surface area contributed by atoms with Gasteiger partial charge in [-0.05, 0) is 33.7 Å². The largest absolute Gasteiger partial charge is 0.330 e. The van der Waals surface area contributed by atoms with E-state index in [0.29, 0.717) is 12.1 Å². The topological polar surface area (TPSA) is 47.1 Å². The molecular weight excluding hydrogens is 200 g/mol. The Morgan fingerprint density at radius 1 is 1.56 bits per heavy atom. The monoisotopic (exact) mass is 222 g/mol. The van der Waals surface area contributed by atoms with E-state index in [1.165, 1.54) is 12.8 Å². The fourth-order valence-corrected chi connectivity index (χ4v) is 2.49. The van der Waals surface area contributed by atoms with Crippen molar-refractivity contribution in [1.29, 1.82) is 0 Å². The summed E-state index contributed by atoms with van der Waals surface area (Å²) in [5, 5.41) is 0. The standard InChI is InChI=1S/C12H22N4/c1-9-6-11(4-5-15(9)3)16-8-14-7-12(16)10(2)13/h7-11H,4-6,13H2,1-3H3. The molecule has 2 heterocycles. The first-order valence-corrected chi connectivity index (χ1v) is 6.07. The Kier molecular flexibility index (Phi) is 3.30. The number of nitrogens with two attached hydrogens (primary N) is 1. The van der Waals surface area contributed by atoms with Crippen LogP contribution in [0.5, 0.6) is 0 Å². The van der Waals surface area contributed by atoms with Crippen LogP contribution in [0.4, 0.5) is 0 Å². The van der Waals surface area contributed by atoms with Crippen LogP contribution in [0, 0.1) is 0 Å². The van der Waals surface area contributed by atoms with Gasteiger partial charge in [-0.1, -0.05) is 0 Å². The number of likely N-dealkylation sites (tertiary alicyclic amines) is 1. The molecule has 90 valence electrons. The van der Waals surface area contributed by atoms with Crippen molar-refractivity contribution < 1.29 is 0 Å². The summed E-state index contributed by atoms with van der Waals surface area (Å²) < 4.78 is 2.27. The molecule has 3 atom stereocenters. The van der Waals surface area contributed by atoms with E-state index in [4.69, 9.17) is 5.73 Å². The maximum atomic E-state index is 5.96. The number of piperidine rings is 1. The molecule has 3 unspecified atom stereocenters. The average molecular weight is 222 g/mol. The summed E-state index contributed by atoms with van der Waals surface area (Å²) in [6.07, 6.45) is 6.21. The zero-order valence-corrected chi connectivity index (χ0v) is 10.4. The van der Waals surface area contributed by atoms with Gasteiger partial charge in [-0.2, -0.15) is 0 Å². The minimum Gasteiger partial charge on any atom is -0.330 e. The predicted octanol–water partition coefficient (Wildman–Crippen LogP) is 1.56. The third-order valence-corrected chi connectivity index (χ3v) is 3.74. The molecule has 0 radical (unpaired) electrons. The molecule has 0 saturated carbocycles. The lowest BCUT2D eigenvalue weighted by molar-refractivity contribution is 0.155. The lowest BCUT2D eigenvalue weighted by Crippen LogP contribution is -2.38. The summed E-state index contributed by atoms with van der Waals surface area (Å²) in [4.78, 5) is 6.65. The van der Waals surface area contributed by atoms with Crippen molar-refractivity contribution >= 4 is 0 Å². The Morgan fingerprint density at radius 3 is 2.94 bits per heavy atom. The average Bonchev–Trinajstić information content (AvgIpc) is 2.71. The SMILES string of the molecule is CC(N)c1cncn1C1CCN(C)C(C)C1. The quantitative estimate of drug-likeness (QED) is 0.826. The van der Waals surface area contributed by atoms with Crippen LogP contribution in [0.1, 0.15) is 44.5 Å². The number of nitrogens with zero attached hydrogens (tertiary/aromatic N) is 3. The van der Waals surface area contributed by atoms with Crippen molar-refractivity contribution in [2.24, 2.45) is 5.73 Å². The molecule has 1 fully saturated rings. The number of hydrogen-bond acceptors (Lipinski definition) is 3. The molecule has 0 aromatic carbocycles. The fourth-order valence-electron chi connectivity index (χ4n) is 2.49. The molecule has 0 bridgehead atoms. The van der Waals surface area contributed by atoms with Crippen LogP contribution in [0.25, 0.3) is 0 Å². The van der Waals surface area contributed by atoms with Crippen molar-refractivity contribution in [1.82, 2.24) is 14.5 Å². The summed E-state index contributed by atoms with van der Waals surface area (Å²) in [6, 6.07) is 1.27. The Hall–Kier alpha value is -0.870. The second kappa shape index (κ2) is 4.55. The molecule has 1 aliphatic rings. The van der Waals surface area contributed by atoms with Crippen LogP contribution in [0.2, 0.25) is 0 Å².